The van der Waals surface area contributed by atoms with Gasteiger partial charge >= 0.3 is 23.5 Å². The zero-order chi connectivity index (χ0) is 23.2. The molecule has 6 N–H and O–H groups in total. The summed E-state index contributed by atoms with van der Waals surface area (Å²) < 4.78 is 64.5. The van der Waals surface area contributed by atoms with Crippen LogP contribution in [0.1, 0.15) is 11.1 Å². The third-order valence-corrected chi connectivity index (χ3v) is 8.69. The summed E-state index contributed by atoms with van der Waals surface area (Å²) in [6, 6.07) is 3.81. The summed E-state index contributed by atoms with van der Waals surface area (Å²) in [4.78, 5) is 39.6. The van der Waals surface area contributed by atoms with E-state index in [0.29, 0.717) is 4.70 Å². The number of rotatable bonds is 8. The Bertz CT molecular complexity index is 1110. The number of hydrogen-bond acceptors (Lipinski definition) is 11. The van der Waals surface area contributed by atoms with E-state index >= 15 is 0 Å². The molecule has 6 atom stereocenters. The van der Waals surface area contributed by atoms with Gasteiger partial charge in [0.2, 0.25) is 0 Å². The van der Waals surface area contributed by atoms with Crippen LogP contribution in [0.4, 0.5) is 4.39 Å². The van der Waals surface area contributed by atoms with Crippen LogP contribution < -0.4 is 0 Å². The van der Waals surface area contributed by atoms with E-state index in [0.717, 1.165) is 17.4 Å². The number of aliphatic hydroxyl groups is 2. The maximum atomic E-state index is 13.3. The van der Waals surface area contributed by atoms with Gasteiger partial charge in [-0.2, -0.15) is 8.62 Å². The molecule has 1 aromatic carbocycles. The molecule has 1 aliphatic heterocycles. The number of nitrogens with zero attached hydrogens (tertiary/aromatic N) is 1. The lowest BCUT2D eigenvalue weighted by atomic mass is 10.1. The van der Waals surface area contributed by atoms with Crippen LogP contribution in [0.3, 0.4) is 0 Å². The molecule has 0 aliphatic carbocycles. The van der Waals surface area contributed by atoms with E-state index < -0.39 is 60.3 Å². The maximum Gasteiger partial charge on any atom is 0.490 e. The minimum Gasteiger partial charge on any atom is -0.387 e. The SMILES string of the molecule is O=P(O)(O)OP(=O)(O)OP(=O)(O)OC[C@H]1O[C@@H](c2nc3cc(F)ccc3s2)[C@H](O)[C@@H]1O. The largest absolute Gasteiger partial charge is 0.490 e. The number of benzene rings is 1. The van der Waals surface area contributed by atoms with Gasteiger partial charge in [-0.15, -0.1) is 11.3 Å². The van der Waals surface area contributed by atoms with Crippen LogP contribution in [0.2, 0.25) is 0 Å². The predicted octanol–water partition coefficient (Wildman–Crippen LogP) is 0.940. The van der Waals surface area contributed by atoms with Gasteiger partial charge < -0.3 is 34.5 Å². The fourth-order valence-corrected chi connectivity index (χ4v) is 6.66. The molecule has 2 heterocycles. The van der Waals surface area contributed by atoms with Crippen LogP contribution in [-0.2, 0) is 31.6 Å². The van der Waals surface area contributed by atoms with E-state index in [2.05, 4.69) is 18.1 Å². The number of ether oxygens (including phenoxy) is 1. The smallest absolute Gasteiger partial charge is 0.387 e. The average Bonchev–Trinajstić information content (AvgIpc) is 3.11. The standard InChI is InChI=1S/C12H15FNO13P3S/c13-5-1-2-8-6(3-5)14-12(31-8)11-10(16)9(15)7(25-11)4-24-29(20,21)27-30(22,23)26-28(17,18)19/h1-3,7,9-11,15-16H,4H2,(H,20,21)(H,22,23)(H2,17,18,19)/t7-,9-,10-,11-/m1/s1. The summed E-state index contributed by atoms with van der Waals surface area (Å²) in [7, 11) is -16.7. The fourth-order valence-electron chi connectivity index (χ4n) is 2.60. The Kier molecular flexibility index (Phi) is 7.19. The number of hydrogen-bond donors (Lipinski definition) is 6. The Morgan fingerprint density at radius 2 is 1.74 bits per heavy atom. The third-order valence-electron chi connectivity index (χ3n) is 3.79. The average molecular weight is 525 g/mol. The lowest BCUT2D eigenvalue weighted by molar-refractivity contribution is -0.0222. The number of phosphoric acid groups is 3. The first-order valence-electron chi connectivity index (χ1n) is 8.02. The van der Waals surface area contributed by atoms with Crippen molar-refractivity contribution in [2.24, 2.45) is 0 Å². The van der Waals surface area contributed by atoms with Gasteiger partial charge in [-0.1, -0.05) is 0 Å². The number of thiazole rings is 1. The molecule has 0 spiro atoms. The molecule has 2 aromatic rings. The van der Waals surface area contributed by atoms with Gasteiger partial charge in [0.15, 0.2) is 0 Å². The summed E-state index contributed by atoms with van der Waals surface area (Å²) in [6.45, 7) is -0.946. The molecule has 19 heteroatoms. The fraction of sp³-hybridized carbons (Fsp3) is 0.417. The molecule has 0 amide bonds. The zero-order valence-electron chi connectivity index (χ0n) is 14.9. The first-order valence-corrected chi connectivity index (χ1v) is 13.4. The van der Waals surface area contributed by atoms with Crippen molar-refractivity contribution in [3.63, 3.8) is 0 Å². The Labute approximate surface area is 176 Å². The van der Waals surface area contributed by atoms with Gasteiger partial charge in [0.05, 0.1) is 16.8 Å². The van der Waals surface area contributed by atoms with E-state index in [1.54, 1.807) is 0 Å². The first-order chi connectivity index (χ1) is 14.2. The van der Waals surface area contributed by atoms with Crippen molar-refractivity contribution < 1.29 is 65.8 Å². The molecule has 3 rings (SSSR count). The van der Waals surface area contributed by atoms with Crippen LogP contribution >= 0.6 is 34.8 Å². The molecule has 31 heavy (non-hydrogen) atoms. The highest BCUT2D eigenvalue weighted by Gasteiger charge is 2.47. The van der Waals surface area contributed by atoms with Crippen molar-refractivity contribution in [3.05, 3.63) is 29.0 Å². The Balaban J connectivity index is 1.66. The Morgan fingerprint density at radius 3 is 2.39 bits per heavy atom. The molecule has 1 saturated heterocycles. The van der Waals surface area contributed by atoms with Crippen LogP contribution in [-0.4, -0.2) is 59.7 Å². The summed E-state index contributed by atoms with van der Waals surface area (Å²) in [5.74, 6) is -0.536. The van der Waals surface area contributed by atoms with Crippen molar-refractivity contribution in [1.82, 2.24) is 4.98 Å². The van der Waals surface area contributed by atoms with Crippen LogP contribution in [0.25, 0.3) is 10.2 Å². The van der Waals surface area contributed by atoms with Gasteiger partial charge in [0.25, 0.3) is 0 Å². The second-order valence-corrected chi connectivity index (χ2v) is 11.6. The van der Waals surface area contributed by atoms with Crippen molar-refractivity contribution in [2.45, 2.75) is 24.4 Å². The Morgan fingerprint density at radius 1 is 1.06 bits per heavy atom. The van der Waals surface area contributed by atoms with E-state index in [1.807, 2.05) is 0 Å². The normalized spacial score (nSPS) is 28.5. The van der Waals surface area contributed by atoms with Gasteiger partial charge in [-0.25, -0.2) is 23.1 Å². The molecule has 0 bridgehead atoms. The molecule has 1 aliphatic rings. The number of halogens is 1. The molecule has 2 unspecified atom stereocenters. The third kappa shape index (κ3) is 6.44. The summed E-state index contributed by atoms with van der Waals surface area (Å²) in [5, 5.41) is 20.5. The maximum absolute atomic E-state index is 13.3. The van der Waals surface area contributed by atoms with Gasteiger partial charge in [0.1, 0.15) is 35.2 Å². The predicted molar refractivity (Wildman–Crippen MR) is 99.0 cm³/mol. The summed E-state index contributed by atoms with van der Waals surface area (Å²) in [6.07, 6.45) is -5.85. The summed E-state index contributed by atoms with van der Waals surface area (Å²) >= 11 is 1.04. The monoisotopic (exact) mass is 525 g/mol. The molecular formula is C12H15FNO13P3S. The lowest BCUT2D eigenvalue weighted by Crippen LogP contribution is -2.33. The van der Waals surface area contributed by atoms with Crippen molar-refractivity contribution in [1.29, 1.82) is 0 Å². The second-order valence-electron chi connectivity index (χ2n) is 6.13. The number of fused-ring (bicyclic) bond motifs is 1. The van der Waals surface area contributed by atoms with E-state index in [4.69, 9.17) is 19.4 Å². The van der Waals surface area contributed by atoms with Crippen molar-refractivity contribution >= 4 is 45.0 Å². The molecule has 1 aromatic heterocycles. The van der Waals surface area contributed by atoms with E-state index in [1.165, 1.54) is 12.1 Å². The lowest BCUT2D eigenvalue weighted by Gasteiger charge is -2.19. The topological polar surface area (TPSA) is 222 Å². The molecule has 174 valence electrons. The minimum absolute atomic E-state index is 0.174. The molecular weight excluding hydrogens is 510 g/mol. The van der Waals surface area contributed by atoms with Crippen molar-refractivity contribution in [3.8, 4) is 0 Å². The molecule has 0 radical (unpaired) electrons. The van der Waals surface area contributed by atoms with Crippen LogP contribution in [0, 0.1) is 5.82 Å². The van der Waals surface area contributed by atoms with Gasteiger partial charge in [0, 0.05) is 6.07 Å². The minimum atomic E-state index is -5.70. The highest BCUT2D eigenvalue weighted by atomic mass is 32.1. The molecule has 1 fully saturated rings. The van der Waals surface area contributed by atoms with Crippen LogP contribution in [0.15, 0.2) is 18.2 Å². The molecule has 0 saturated carbocycles. The highest BCUT2D eigenvalue weighted by Crippen LogP contribution is 2.66. The number of phosphoric ester groups is 1. The Hall–Kier alpha value is -0.670. The highest BCUT2D eigenvalue weighted by molar-refractivity contribution is 7.66. The number of aromatic nitrogens is 1. The molecule has 14 nitrogen and oxygen atoms in total. The van der Waals surface area contributed by atoms with E-state index in [-0.39, 0.29) is 10.5 Å². The van der Waals surface area contributed by atoms with E-state index in [9.17, 15) is 33.2 Å². The first kappa shape index (κ1) is 25.0. The van der Waals surface area contributed by atoms with Gasteiger partial charge in [-0.05, 0) is 12.1 Å². The quantitative estimate of drug-likeness (QED) is 0.264. The second kappa shape index (κ2) is 8.93. The summed E-state index contributed by atoms with van der Waals surface area (Å²) in [5.41, 5.74) is 0.280. The zero-order valence-corrected chi connectivity index (χ0v) is 18.4. The van der Waals surface area contributed by atoms with Gasteiger partial charge in [-0.3, -0.25) is 4.52 Å². The number of aliphatic hydroxyl groups excluding tert-OH is 2. The van der Waals surface area contributed by atoms with Crippen LogP contribution in [0.5, 0.6) is 0 Å². The van der Waals surface area contributed by atoms with Crippen molar-refractivity contribution in [2.75, 3.05) is 6.61 Å².